The van der Waals surface area contributed by atoms with Gasteiger partial charge in [-0.2, -0.15) is 0 Å². The zero-order chi connectivity index (χ0) is 21.2. The first kappa shape index (κ1) is 21.4. The maximum absolute atomic E-state index is 12.5. The maximum Gasteiger partial charge on any atom is 0.242 e. The molecule has 0 radical (unpaired) electrons. The second kappa shape index (κ2) is 8.61. The number of aromatic nitrogens is 3. The van der Waals surface area contributed by atoms with Crippen LogP contribution >= 0.6 is 0 Å². The van der Waals surface area contributed by atoms with E-state index in [1.54, 1.807) is 18.3 Å². The molecule has 8 heteroatoms. The molecule has 0 unspecified atom stereocenters. The Morgan fingerprint density at radius 3 is 2.52 bits per heavy atom. The third kappa shape index (κ3) is 4.34. The zero-order valence-electron chi connectivity index (χ0n) is 17.7. The van der Waals surface area contributed by atoms with Crippen molar-refractivity contribution in [2.24, 2.45) is 0 Å². The number of sulfonamides is 1. The van der Waals surface area contributed by atoms with Crippen LogP contribution in [0.3, 0.4) is 0 Å². The number of imidazole rings is 1. The molecule has 0 saturated heterocycles. The summed E-state index contributed by atoms with van der Waals surface area (Å²) in [5, 5.41) is 0. The summed E-state index contributed by atoms with van der Waals surface area (Å²) in [7, 11) is 1.63. The minimum absolute atomic E-state index is 0.135. The molecule has 2 heterocycles. The molecular weight excluding hydrogens is 386 g/mol. The van der Waals surface area contributed by atoms with Crippen molar-refractivity contribution in [3.8, 4) is 0 Å². The molecule has 0 bridgehead atoms. The lowest BCUT2D eigenvalue weighted by Crippen LogP contribution is -2.24. The monoisotopic (exact) mass is 415 g/mol. The SMILES string of the molecule is CCCn1c(CN(C)[C@H](C)c2ccccn2)nc2cc(S(=O)(=O)N(C)C)ccc21. The van der Waals surface area contributed by atoms with Gasteiger partial charge in [0.1, 0.15) is 5.82 Å². The Bertz CT molecular complexity index is 1080. The van der Waals surface area contributed by atoms with Gasteiger partial charge >= 0.3 is 0 Å². The van der Waals surface area contributed by atoms with E-state index >= 15 is 0 Å². The summed E-state index contributed by atoms with van der Waals surface area (Å²) in [5.74, 6) is 0.923. The number of pyridine rings is 1. The van der Waals surface area contributed by atoms with Crippen molar-refractivity contribution in [3.05, 3.63) is 54.1 Å². The molecule has 0 aliphatic rings. The van der Waals surface area contributed by atoms with Crippen LogP contribution in [-0.2, 0) is 23.1 Å². The number of aryl methyl sites for hydroxylation is 1. The van der Waals surface area contributed by atoms with Crippen LogP contribution in [0.2, 0.25) is 0 Å². The molecule has 156 valence electrons. The summed E-state index contributed by atoms with van der Waals surface area (Å²) < 4.78 is 28.4. The van der Waals surface area contributed by atoms with Crippen molar-refractivity contribution >= 4 is 21.1 Å². The molecule has 29 heavy (non-hydrogen) atoms. The summed E-state index contributed by atoms with van der Waals surface area (Å²) in [5.41, 5.74) is 2.67. The maximum atomic E-state index is 12.5. The van der Waals surface area contributed by atoms with Crippen LogP contribution < -0.4 is 0 Å². The standard InChI is InChI=1S/C21H29N5O2S/c1-6-13-26-20-11-10-17(29(27,28)24(3)4)14-19(20)23-21(26)15-25(5)16(2)18-9-7-8-12-22-18/h7-12,14,16H,6,13,15H2,1-5H3/t16-/m1/s1. The first-order chi connectivity index (χ1) is 13.8. The zero-order valence-corrected chi connectivity index (χ0v) is 18.5. The summed E-state index contributed by atoms with van der Waals surface area (Å²) in [6.07, 6.45) is 2.77. The lowest BCUT2D eigenvalue weighted by Gasteiger charge is -2.24. The van der Waals surface area contributed by atoms with Gasteiger partial charge in [0.05, 0.1) is 28.2 Å². The molecule has 0 fully saturated rings. The number of hydrogen-bond acceptors (Lipinski definition) is 5. The second-order valence-electron chi connectivity index (χ2n) is 7.46. The largest absolute Gasteiger partial charge is 0.327 e. The Balaban J connectivity index is 1.97. The van der Waals surface area contributed by atoms with Crippen molar-refractivity contribution in [2.75, 3.05) is 21.1 Å². The number of benzene rings is 1. The van der Waals surface area contributed by atoms with Crippen molar-refractivity contribution < 1.29 is 8.42 Å². The van der Waals surface area contributed by atoms with Crippen molar-refractivity contribution in [1.29, 1.82) is 0 Å². The van der Waals surface area contributed by atoms with E-state index in [1.807, 2.05) is 24.3 Å². The van der Waals surface area contributed by atoms with Gasteiger partial charge in [0, 0.05) is 32.9 Å². The van der Waals surface area contributed by atoms with Gasteiger partial charge in [-0.1, -0.05) is 13.0 Å². The Morgan fingerprint density at radius 2 is 1.90 bits per heavy atom. The molecule has 0 aliphatic carbocycles. The summed E-state index contributed by atoms with van der Waals surface area (Å²) in [6, 6.07) is 11.3. The first-order valence-corrected chi connectivity index (χ1v) is 11.2. The number of rotatable bonds is 8. The molecule has 1 atom stereocenters. The number of fused-ring (bicyclic) bond motifs is 1. The van der Waals surface area contributed by atoms with Gasteiger partial charge < -0.3 is 4.57 Å². The predicted molar refractivity (Wildman–Crippen MR) is 115 cm³/mol. The van der Waals surface area contributed by atoms with Crippen LogP contribution in [0.15, 0.2) is 47.5 Å². The highest BCUT2D eigenvalue weighted by Gasteiger charge is 2.21. The van der Waals surface area contributed by atoms with E-state index < -0.39 is 10.0 Å². The van der Waals surface area contributed by atoms with Gasteiger partial charge in [0.25, 0.3) is 0 Å². The van der Waals surface area contributed by atoms with E-state index in [0.29, 0.717) is 12.1 Å². The number of nitrogens with zero attached hydrogens (tertiary/aromatic N) is 5. The van der Waals surface area contributed by atoms with E-state index in [0.717, 1.165) is 30.0 Å². The molecule has 0 spiro atoms. The van der Waals surface area contributed by atoms with Gasteiger partial charge in [0.15, 0.2) is 0 Å². The molecule has 0 saturated carbocycles. The molecule has 7 nitrogen and oxygen atoms in total. The predicted octanol–water partition coefficient (Wildman–Crippen LogP) is 3.28. The fourth-order valence-electron chi connectivity index (χ4n) is 3.33. The highest BCUT2D eigenvalue weighted by Crippen LogP contribution is 2.25. The third-order valence-electron chi connectivity index (χ3n) is 5.19. The van der Waals surface area contributed by atoms with Gasteiger partial charge in [0.2, 0.25) is 10.0 Å². The molecule has 3 rings (SSSR count). The van der Waals surface area contributed by atoms with E-state index in [1.165, 1.54) is 18.4 Å². The Labute approximate surface area is 173 Å². The average molecular weight is 416 g/mol. The van der Waals surface area contributed by atoms with Crippen LogP contribution in [0.1, 0.15) is 37.8 Å². The second-order valence-corrected chi connectivity index (χ2v) is 9.62. The molecule has 2 aromatic heterocycles. The molecule has 3 aromatic rings. The topological polar surface area (TPSA) is 71.3 Å². The van der Waals surface area contributed by atoms with Crippen molar-refractivity contribution in [1.82, 2.24) is 23.7 Å². The van der Waals surface area contributed by atoms with Gasteiger partial charge in [-0.3, -0.25) is 9.88 Å². The van der Waals surface area contributed by atoms with E-state index in [9.17, 15) is 8.42 Å². The van der Waals surface area contributed by atoms with Crippen LogP contribution in [0.5, 0.6) is 0 Å². The first-order valence-electron chi connectivity index (χ1n) is 9.78. The van der Waals surface area contributed by atoms with E-state index in [4.69, 9.17) is 4.98 Å². The fraction of sp³-hybridized carbons (Fsp3) is 0.429. The number of hydrogen-bond donors (Lipinski definition) is 0. The van der Waals surface area contributed by atoms with Crippen LogP contribution in [0, 0.1) is 0 Å². The van der Waals surface area contributed by atoms with Crippen molar-refractivity contribution in [3.63, 3.8) is 0 Å². The highest BCUT2D eigenvalue weighted by atomic mass is 32.2. The minimum Gasteiger partial charge on any atom is -0.327 e. The molecule has 0 N–H and O–H groups in total. The minimum atomic E-state index is -3.49. The fourth-order valence-corrected chi connectivity index (χ4v) is 4.26. The van der Waals surface area contributed by atoms with Crippen LogP contribution in [0.4, 0.5) is 0 Å². The lowest BCUT2D eigenvalue weighted by atomic mass is 10.2. The molecule has 1 aromatic carbocycles. The molecule has 0 aliphatic heterocycles. The summed E-state index contributed by atoms with van der Waals surface area (Å²) in [4.78, 5) is 11.7. The molecule has 0 amide bonds. The van der Waals surface area contributed by atoms with E-state index in [-0.39, 0.29) is 10.9 Å². The summed E-state index contributed by atoms with van der Waals surface area (Å²) in [6.45, 7) is 5.72. The van der Waals surface area contributed by atoms with Crippen LogP contribution in [-0.4, -0.2) is 53.3 Å². The van der Waals surface area contributed by atoms with Gasteiger partial charge in [-0.25, -0.2) is 17.7 Å². The lowest BCUT2D eigenvalue weighted by molar-refractivity contribution is 0.239. The smallest absolute Gasteiger partial charge is 0.242 e. The Kier molecular flexibility index (Phi) is 6.36. The third-order valence-corrected chi connectivity index (χ3v) is 7.00. The molecular formula is C21H29N5O2S. The van der Waals surface area contributed by atoms with Crippen molar-refractivity contribution in [2.45, 2.75) is 44.3 Å². The van der Waals surface area contributed by atoms with Crippen LogP contribution in [0.25, 0.3) is 11.0 Å². The van der Waals surface area contributed by atoms with E-state index in [2.05, 4.69) is 35.3 Å². The quantitative estimate of drug-likeness (QED) is 0.565. The normalized spacial score (nSPS) is 13.5. The summed E-state index contributed by atoms with van der Waals surface area (Å²) >= 11 is 0. The highest BCUT2D eigenvalue weighted by molar-refractivity contribution is 7.89. The van der Waals surface area contributed by atoms with Gasteiger partial charge in [-0.05, 0) is 50.7 Å². The average Bonchev–Trinajstić information content (AvgIpc) is 3.04. The Morgan fingerprint density at radius 1 is 1.14 bits per heavy atom. The van der Waals surface area contributed by atoms with Gasteiger partial charge in [-0.15, -0.1) is 0 Å². The Hall–Kier alpha value is -2.29.